The first kappa shape index (κ1) is 17.9. The number of aromatic nitrogens is 1. The van der Waals surface area contributed by atoms with Gasteiger partial charge in [0.05, 0.1) is 0 Å². The lowest BCUT2D eigenvalue weighted by Gasteiger charge is -2.01. The van der Waals surface area contributed by atoms with E-state index >= 15 is 0 Å². The number of hydrogen-bond acceptors (Lipinski definition) is 2. The van der Waals surface area contributed by atoms with E-state index in [-0.39, 0.29) is 43.3 Å². The molecule has 12 heavy (non-hydrogen) atoms. The van der Waals surface area contributed by atoms with E-state index in [0.29, 0.717) is 0 Å². The maximum Gasteiger partial charge on any atom is 0.0315 e. The van der Waals surface area contributed by atoms with Crippen LogP contribution in [0.1, 0.15) is 18.5 Å². The van der Waals surface area contributed by atoms with Crippen LogP contribution < -0.4 is 5.73 Å². The molecule has 0 bridgehead atoms. The van der Waals surface area contributed by atoms with Crippen LogP contribution in [0.2, 0.25) is 0 Å². The van der Waals surface area contributed by atoms with Crippen molar-refractivity contribution < 1.29 is 0 Å². The van der Waals surface area contributed by atoms with Crippen molar-refractivity contribution in [3.8, 4) is 0 Å². The highest BCUT2D eigenvalue weighted by Crippen LogP contribution is 2.04. The second-order valence-electron chi connectivity index (χ2n) is 2.08. The van der Waals surface area contributed by atoms with Gasteiger partial charge >= 0.3 is 0 Å². The molecule has 0 amide bonds. The molecule has 0 fully saturated rings. The van der Waals surface area contributed by atoms with Crippen LogP contribution in [0, 0.1) is 0 Å². The minimum atomic E-state index is 0. The largest absolute Gasteiger partial charge is 0.324 e. The van der Waals surface area contributed by atoms with E-state index in [9.17, 15) is 0 Å². The predicted octanol–water partition coefficient (Wildman–Crippen LogP) is 2.37. The Bertz CT molecular complexity index is 179. The van der Waals surface area contributed by atoms with Gasteiger partial charge in [-0.15, -0.1) is 37.2 Å². The van der Waals surface area contributed by atoms with E-state index in [1.807, 2.05) is 19.1 Å². The molecule has 1 aromatic heterocycles. The van der Waals surface area contributed by atoms with E-state index in [2.05, 4.69) is 4.98 Å². The molecular formula is C7H13Cl3N2. The minimum Gasteiger partial charge on any atom is -0.324 e. The summed E-state index contributed by atoms with van der Waals surface area (Å²) >= 11 is 0. The molecule has 5 heteroatoms. The molecule has 0 aliphatic carbocycles. The first-order valence-electron chi connectivity index (χ1n) is 2.96. The summed E-state index contributed by atoms with van der Waals surface area (Å²) in [7, 11) is 0. The first-order chi connectivity index (χ1) is 4.30. The van der Waals surface area contributed by atoms with E-state index in [1.54, 1.807) is 12.4 Å². The van der Waals surface area contributed by atoms with Gasteiger partial charge in [0, 0.05) is 18.4 Å². The number of rotatable bonds is 1. The fraction of sp³-hybridized carbons (Fsp3) is 0.286. The molecule has 1 heterocycles. The lowest BCUT2D eigenvalue weighted by molar-refractivity contribution is 0.811. The van der Waals surface area contributed by atoms with Crippen molar-refractivity contribution in [3.05, 3.63) is 30.1 Å². The van der Waals surface area contributed by atoms with Crippen LogP contribution in [0.4, 0.5) is 0 Å². The molecule has 2 nitrogen and oxygen atoms in total. The van der Waals surface area contributed by atoms with Crippen LogP contribution in [0.3, 0.4) is 0 Å². The molecule has 1 atom stereocenters. The molecule has 0 aromatic carbocycles. The molecule has 1 rings (SSSR count). The fourth-order valence-corrected chi connectivity index (χ4v) is 0.645. The van der Waals surface area contributed by atoms with E-state index < -0.39 is 0 Å². The van der Waals surface area contributed by atoms with Crippen molar-refractivity contribution in [2.24, 2.45) is 5.73 Å². The number of pyridine rings is 1. The SMILES string of the molecule is CC(N)c1cccnc1.Cl.Cl.Cl. The van der Waals surface area contributed by atoms with Gasteiger partial charge in [-0.2, -0.15) is 0 Å². The number of nitrogens with zero attached hydrogens (tertiary/aromatic N) is 1. The number of hydrogen-bond donors (Lipinski definition) is 1. The summed E-state index contributed by atoms with van der Waals surface area (Å²) in [5.41, 5.74) is 6.65. The molecule has 1 aromatic rings. The molecule has 0 saturated carbocycles. The summed E-state index contributed by atoms with van der Waals surface area (Å²) in [6.45, 7) is 1.94. The van der Waals surface area contributed by atoms with Gasteiger partial charge in [0.15, 0.2) is 0 Å². The summed E-state index contributed by atoms with van der Waals surface area (Å²) in [5, 5.41) is 0. The zero-order valence-electron chi connectivity index (χ0n) is 6.64. The van der Waals surface area contributed by atoms with Gasteiger partial charge in [-0.3, -0.25) is 4.98 Å². The second-order valence-corrected chi connectivity index (χ2v) is 2.08. The van der Waals surface area contributed by atoms with Crippen LogP contribution in [-0.2, 0) is 0 Å². The Morgan fingerprint density at radius 1 is 1.33 bits per heavy atom. The van der Waals surface area contributed by atoms with Gasteiger partial charge in [-0.25, -0.2) is 0 Å². The van der Waals surface area contributed by atoms with E-state index in [1.165, 1.54) is 0 Å². The third-order valence-corrected chi connectivity index (χ3v) is 1.21. The Morgan fingerprint density at radius 2 is 1.92 bits per heavy atom. The monoisotopic (exact) mass is 230 g/mol. The molecule has 0 aliphatic heterocycles. The predicted molar refractivity (Wildman–Crippen MR) is 58.6 cm³/mol. The number of nitrogens with two attached hydrogens (primary N) is 1. The van der Waals surface area contributed by atoms with Gasteiger partial charge in [0.25, 0.3) is 0 Å². The Morgan fingerprint density at radius 3 is 2.17 bits per heavy atom. The fourth-order valence-electron chi connectivity index (χ4n) is 0.645. The van der Waals surface area contributed by atoms with Crippen LogP contribution in [0.25, 0.3) is 0 Å². The van der Waals surface area contributed by atoms with Gasteiger partial charge in [0.2, 0.25) is 0 Å². The third kappa shape index (κ3) is 5.61. The van der Waals surface area contributed by atoms with Crippen molar-refractivity contribution in [1.29, 1.82) is 0 Å². The molecule has 72 valence electrons. The average molecular weight is 232 g/mol. The van der Waals surface area contributed by atoms with Gasteiger partial charge in [-0.05, 0) is 18.6 Å². The molecular weight excluding hydrogens is 218 g/mol. The van der Waals surface area contributed by atoms with Crippen molar-refractivity contribution in [2.45, 2.75) is 13.0 Å². The average Bonchev–Trinajstić information content (AvgIpc) is 1.90. The molecule has 0 aliphatic rings. The van der Waals surface area contributed by atoms with Gasteiger partial charge in [-0.1, -0.05) is 6.07 Å². The maximum atomic E-state index is 5.57. The third-order valence-electron chi connectivity index (χ3n) is 1.21. The quantitative estimate of drug-likeness (QED) is 0.806. The lowest BCUT2D eigenvalue weighted by Crippen LogP contribution is -2.04. The maximum absolute atomic E-state index is 5.57. The highest BCUT2D eigenvalue weighted by Gasteiger charge is 1.94. The van der Waals surface area contributed by atoms with Crippen LogP contribution in [0.15, 0.2) is 24.5 Å². The first-order valence-corrected chi connectivity index (χ1v) is 2.96. The summed E-state index contributed by atoms with van der Waals surface area (Å²) in [5.74, 6) is 0. The Hall–Kier alpha value is -0.0200. The highest BCUT2D eigenvalue weighted by atomic mass is 35.5. The standard InChI is InChI=1S/C7H10N2.3ClH/c1-6(8)7-3-2-4-9-5-7;;;/h2-6H,8H2,1H3;3*1H. The molecule has 2 N–H and O–H groups in total. The highest BCUT2D eigenvalue weighted by molar-refractivity contribution is 5.86. The van der Waals surface area contributed by atoms with Crippen molar-refractivity contribution in [2.75, 3.05) is 0 Å². The van der Waals surface area contributed by atoms with Crippen molar-refractivity contribution in [1.82, 2.24) is 4.98 Å². The zero-order chi connectivity index (χ0) is 6.69. The van der Waals surface area contributed by atoms with Crippen molar-refractivity contribution >= 4 is 37.2 Å². The molecule has 1 unspecified atom stereocenters. The molecule has 0 spiro atoms. The normalized spacial score (nSPS) is 9.83. The topological polar surface area (TPSA) is 38.9 Å². The summed E-state index contributed by atoms with van der Waals surface area (Å²) < 4.78 is 0. The van der Waals surface area contributed by atoms with Crippen molar-refractivity contribution in [3.63, 3.8) is 0 Å². The molecule has 0 saturated heterocycles. The Kier molecular flexibility index (Phi) is 13.5. The van der Waals surface area contributed by atoms with E-state index in [4.69, 9.17) is 5.73 Å². The minimum absolute atomic E-state index is 0. The Labute approximate surface area is 91.2 Å². The van der Waals surface area contributed by atoms with Crippen LogP contribution >= 0.6 is 37.2 Å². The molecule has 0 radical (unpaired) electrons. The number of halogens is 3. The van der Waals surface area contributed by atoms with Gasteiger partial charge in [0.1, 0.15) is 0 Å². The smallest absolute Gasteiger partial charge is 0.0315 e. The van der Waals surface area contributed by atoms with Gasteiger partial charge < -0.3 is 5.73 Å². The summed E-state index contributed by atoms with van der Waals surface area (Å²) in [6, 6.07) is 3.95. The van der Waals surface area contributed by atoms with E-state index in [0.717, 1.165) is 5.56 Å². The lowest BCUT2D eigenvalue weighted by atomic mass is 10.2. The Balaban J connectivity index is -0.000000270. The van der Waals surface area contributed by atoms with Crippen LogP contribution in [0.5, 0.6) is 0 Å². The summed E-state index contributed by atoms with van der Waals surface area (Å²) in [4.78, 5) is 3.93. The summed E-state index contributed by atoms with van der Waals surface area (Å²) in [6.07, 6.45) is 3.52. The zero-order valence-corrected chi connectivity index (χ0v) is 9.09. The van der Waals surface area contributed by atoms with Crippen LogP contribution in [-0.4, -0.2) is 4.98 Å². The second kappa shape index (κ2) is 9.07.